The molecular formula is C18H26N2OS. The molecule has 1 amide bonds. The van der Waals surface area contributed by atoms with Gasteiger partial charge in [-0.2, -0.15) is 0 Å². The Balaban J connectivity index is 1.55. The molecule has 0 aromatic heterocycles. The van der Waals surface area contributed by atoms with E-state index in [1.807, 2.05) is 11.8 Å². The highest BCUT2D eigenvalue weighted by Gasteiger charge is 2.57. The number of amides is 1. The van der Waals surface area contributed by atoms with E-state index in [0.29, 0.717) is 5.41 Å². The van der Waals surface area contributed by atoms with Gasteiger partial charge in [-0.25, -0.2) is 0 Å². The summed E-state index contributed by atoms with van der Waals surface area (Å²) >= 11 is 1.85. The van der Waals surface area contributed by atoms with Crippen LogP contribution in [0.3, 0.4) is 0 Å². The number of hydrogen-bond acceptors (Lipinski definition) is 3. The standard InChI is InChI=1S/C18H26N2OS/c1-3-22-15-6-4-14(5-7-15)13(2)20-17(21)16-12-18(16)8-10-19-11-9-18/h4-7,13,16,19H,3,8-12H2,1-2H3,(H,20,21). The van der Waals surface area contributed by atoms with Gasteiger partial charge in [-0.1, -0.05) is 19.1 Å². The summed E-state index contributed by atoms with van der Waals surface area (Å²) in [5.41, 5.74) is 1.50. The van der Waals surface area contributed by atoms with Crippen molar-refractivity contribution in [2.45, 2.75) is 44.0 Å². The Kier molecular flexibility index (Phi) is 4.79. The van der Waals surface area contributed by atoms with Crippen LogP contribution in [-0.4, -0.2) is 24.7 Å². The van der Waals surface area contributed by atoms with Gasteiger partial charge in [0.2, 0.25) is 5.91 Å². The van der Waals surface area contributed by atoms with Crippen molar-refractivity contribution >= 4 is 17.7 Å². The Bertz CT molecular complexity index is 522. The lowest BCUT2D eigenvalue weighted by Crippen LogP contribution is -2.34. The highest BCUT2D eigenvalue weighted by Crippen LogP contribution is 2.58. The third kappa shape index (κ3) is 3.33. The van der Waals surface area contributed by atoms with Gasteiger partial charge in [-0.05, 0) is 68.1 Å². The van der Waals surface area contributed by atoms with Gasteiger partial charge >= 0.3 is 0 Å². The Hall–Kier alpha value is -1.00. The number of piperidine rings is 1. The Morgan fingerprint density at radius 2 is 2.05 bits per heavy atom. The van der Waals surface area contributed by atoms with Crippen LogP contribution in [0, 0.1) is 11.3 Å². The number of thioether (sulfide) groups is 1. The third-order valence-electron chi connectivity index (χ3n) is 5.16. The molecule has 1 aromatic rings. The third-order valence-corrected chi connectivity index (χ3v) is 6.05. The molecule has 1 saturated heterocycles. The molecule has 1 spiro atoms. The first kappa shape index (κ1) is 15.9. The smallest absolute Gasteiger partial charge is 0.224 e. The molecule has 22 heavy (non-hydrogen) atoms. The SMILES string of the molecule is CCSc1ccc(C(C)NC(=O)C2CC23CCNCC3)cc1. The fourth-order valence-corrected chi connectivity index (χ4v) is 4.27. The molecule has 1 aliphatic carbocycles. The van der Waals surface area contributed by atoms with Crippen LogP contribution in [0.2, 0.25) is 0 Å². The number of carbonyl (C=O) groups is 1. The average Bonchev–Trinajstić information content (AvgIpc) is 3.22. The summed E-state index contributed by atoms with van der Waals surface area (Å²) in [6, 6.07) is 8.66. The normalized spacial score (nSPS) is 24.0. The van der Waals surface area contributed by atoms with Crippen LogP contribution >= 0.6 is 11.8 Å². The lowest BCUT2D eigenvalue weighted by molar-refractivity contribution is -0.123. The van der Waals surface area contributed by atoms with Gasteiger partial charge in [0.05, 0.1) is 6.04 Å². The summed E-state index contributed by atoms with van der Waals surface area (Å²) in [5.74, 6) is 1.58. The van der Waals surface area contributed by atoms with Crippen molar-refractivity contribution in [3.63, 3.8) is 0 Å². The van der Waals surface area contributed by atoms with Crippen molar-refractivity contribution < 1.29 is 4.79 Å². The zero-order valence-corrected chi connectivity index (χ0v) is 14.3. The molecule has 2 N–H and O–H groups in total. The lowest BCUT2D eigenvalue weighted by atomic mass is 9.91. The molecule has 0 bridgehead atoms. The maximum Gasteiger partial charge on any atom is 0.224 e. The second-order valence-corrected chi connectivity index (χ2v) is 7.94. The molecular weight excluding hydrogens is 292 g/mol. The van der Waals surface area contributed by atoms with Crippen molar-refractivity contribution in [3.05, 3.63) is 29.8 Å². The number of hydrogen-bond donors (Lipinski definition) is 2. The van der Waals surface area contributed by atoms with Gasteiger partial charge in [-0.15, -0.1) is 11.8 Å². The average molecular weight is 318 g/mol. The second-order valence-electron chi connectivity index (χ2n) is 6.60. The molecule has 1 aromatic carbocycles. The number of carbonyl (C=O) groups excluding carboxylic acids is 1. The summed E-state index contributed by atoms with van der Waals surface area (Å²) in [7, 11) is 0. The van der Waals surface area contributed by atoms with Gasteiger partial charge < -0.3 is 10.6 Å². The van der Waals surface area contributed by atoms with Gasteiger partial charge in [0.15, 0.2) is 0 Å². The van der Waals surface area contributed by atoms with Gasteiger partial charge in [0.1, 0.15) is 0 Å². The van der Waals surface area contributed by atoms with E-state index in [1.165, 1.54) is 10.5 Å². The van der Waals surface area contributed by atoms with E-state index in [9.17, 15) is 4.79 Å². The molecule has 3 rings (SSSR count). The molecule has 3 nitrogen and oxygen atoms in total. The molecule has 2 atom stereocenters. The number of nitrogens with one attached hydrogen (secondary N) is 2. The Morgan fingerprint density at radius 1 is 1.36 bits per heavy atom. The molecule has 2 aliphatic rings. The van der Waals surface area contributed by atoms with Crippen LogP contribution < -0.4 is 10.6 Å². The molecule has 0 radical (unpaired) electrons. The van der Waals surface area contributed by atoms with Crippen LogP contribution in [0.15, 0.2) is 29.2 Å². The first-order chi connectivity index (χ1) is 10.6. The highest BCUT2D eigenvalue weighted by molar-refractivity contribution is 7.99. The summed E-state index contributed by atoms with van der Waals surface area (Å²) in [4.78, 5) is 13.8. The number of rotatable bonds is 5. The van der Waals surface area contributed by atoms with E-state index >= 15 is 0 Å². The summed E-state index contributed by atoms with van der Waals surface area (Å²) in [6.07, 6.45) is 3.39. The van der Waals surface area contributed by atoms with Gasteiger partial charge in [0.25, 0.3) is 0 Å². The lowest BCUT2D eigenvalue weighted by Gasteiger charge is -2.24. The first-order valence-corrected chi connectivity index (χ1v) is 9.37. The summed E-state index contributed by atoms with van der Waals surface area (Å²) in [5, 5.41) is 6.60. The predicted octanol–water partition coefficient (Wildman–Crippen LogP) is 3.37. The molecule has 120 valence electrons. The van der Waals surface area contributed by atoms with E-state index in [1.54, 1.807) is 0 Å². The topological polar surface area (TPSA) is 41.1 Å². The Labute approximate surface area is 137 Å². The summed E-state index contributed by atoms with van der Waals surface area (Å²) in [6.45, 7) is 6.37. The highest BCUT2D eigenvalue weighted by atomic mass is 32.2. The van der Waals surface area contributed by atoms with Gasteiger partial charge in [-0.3, -0.25) is 4.79 Å². The molecule has 4 heteroatoms. The maximum absolute atomic E-state index is 12.5. The quantitative estimate of drug-likeness (QED) is 0.818. The van der Waals surface area contributed by atoms with Crippen LogP contribution in [0.25, 0.3) is 0 Å². The zero-order valence-electron chi connectivity index (χ0n) is 13.5. The minimum absolute atomic E-state index is 0.0903. The van der Waals surface area contributed by atoms with Crippen LogP contribution in [0.1, 0.15) is 44.7 Å². The molecule has 1 aliphatic heterocycles. The zero-order chi connectivity index (χ0) is 15.6. The van der Waals surface area contributed by atoms with E-state index in [4.69, 9.17) is 0 Å². The second kappa shape index (κ2) is 6.63. The first-order valence-electron chi connectivity index (χ1n) is 8.38. The van der Waals surface area contributed by atoms with E-state index in [2.05, 4.69) is 48.7 Å². The van der Waals surface area contributed by atoms with Crippen molar-refractivity contribution in [3.8, 4) is 0 Å². The van der Waals surface area contributed by atoms with Crippen LogP contribution in [0.4, 0.5) is 0 Å². The number of benzene rings is 1. The predicted molar refractivity (Wildman–Crippen MR) is 92.0 cm³/mol. The van der Waals surface area contributed by atoms with Gasteiger partial charge in [0, 0.05) is 10.8 Å². The van der Waals surface area contributed by atoms with Crippen molar-refractivity contribution in [2.75, 3.05) is 18.8 Å². The molecule has 1 saturated carbocycles. The summed E-state index contributed by atoms with van der Waals surface area (Å²) < 4.78 is 0. The molecule has 2 unspecified atom stereocenters. The largest absolute Gasteiger partial charge is 0.349 e. The van der Waals surface area contributed by atoms with Crippen molar-refractivity contribution in [1.29, 1.82) is 0 Å². The van der Waals surface area contributed by atoms with Crippen LogP contribution in [0.5, 0.6) is 0 Å². The minimum Gasteiger partial charge on any atom is -0.349 e. The van der Waals surface area contributed by atoms with E-state index < -0.39 is 0 Å². The fourth-order valence-electron chi connectivity index (χ4n) is 3.61. The fraction of sp³-hybridized carbons (Fsp3) is 0.611. The van der Waals surface area contributed by atoms with Crippen LogP contribution in [-0.2, 0) is 4.79 Å². The van der Waals surface area contributed by atoms with E-state index in [0.717, 1.165) is 38.1 Å². The minimum atomic E-state index is 0.0903. The molecule has 1 heterocycles. The monoisotopic (exact) mass is 318 g/mol. The Morgan fingerprint density at radius 3 is 2.68 bits per heavy atom. The van der Waals surface area contributed by atoms with Crippen molar-refractivity contribution in [2.24, 2.45) is 11.3 Å². The van der Waals surface area contributed by atoms with Crippen molar-refractivity contribution in [1.82, 2.24) is 10.6 Å². The maximum atomic E-state index is 12.5. The van der Waals surface area contributed by atoms with E-state index in [-0.39, 0.29) is 17.9 Å². The molecule has 2 fully saturated rings.